The van der Waals surface area contributed by atoms with Crippen LogP contribution in [0.2, 0.25) is 0 Å². The first-order valence-corrected chi connectivity index (χ1v) is 10.9. The highest BCUT2D eigenvalue weighted by Crippen LogP contribution is 2.35. The molecule has 0 spiro atoms. The number of nitrogens with zero attached hydrogens (tertiary/aromatic N) is 5. The van der Waals surface area contributed by atoms with Gasteiger partial charge in [-0.05, 0) is 37.3 Å². The smallest absolute Gasteiger partial charge is 0.222 e. The number of fused-ring (bicyclic) bond motifs is 3. The molecule has 1 aliphatic heterocycles. The number of carbonyl (C=O) groups is 1. The summed E-state index contributed by atoms with van der Waals surface area (Å²) in [6.07, 6.45) is 13.7. The maximum Gasteiger partial charge on any atom is 0.222 e. The van der Waals surface area contributed by atoms with Gasteiger partial charge in [0.05, 0.1) is 23.4 Å². The van der Waals surface area contributed by atoms with E-state index in [-0.39, 0.29) is 5.91 Å². The van der Waals surface area contributed by atoms with Crippen LogP contribution in [0.25, 0.3) is 17.0 Å². The number of aryl methyl sites for hydroxylation is 2. The van der Waals surface area contributed by atoms with Gasteiger partial charge in [0.15, 0.2) is 0 Å². The summed E-state index contributed by atoms with van der Waals surface area (Å²) < 4.78 is 4.28. The van der Waals surface area contributed by atoms with Crippen LogP contribution in [-0.4, -0.2) is 43.2 Å². The fraction of sp³-hybridized carbons (Fsp3) is 0.458. The van der Waals surface area contributed by atoms with Crippen LogP contribution >= 0.6 is 0 Å². The zero-order valence-electron chi connectivity index (χ0n) is 18.0. The van der Waals surface area contributed by atoms with Crippen LogP contribution in [-0.2, 0) is 24.7 Å². The second kappa shape index (κ2) is 7.42. The number of allylic oxidation sites excluding steroid dienone is 1. The fourth-order valence-corrected chi connectivity index (χ4v) is 4.94. The molecule has 3 aromatic heterocycles. The molecule has 30 heavy (non-hydrogen) atoms. The summed E-state index contributed by atoms with van der Waals surface area (Å²) in [5.74, 6) is 0.776. The third-order valence-electron chi connectivity index (χ3n) is 7.04. The number of carbonyl (C=O) groups excluding carboxylic acids is 1. The van der Waals surface area contributed by atoms with E-state index in [1.807, 2.05) is 24.1 Å². The van der Waals surface area contributed by atoms with Gasteiger partial charge in [0.1, 0.15) is 0 Å². The van der Waals surface area contributed by atoms with Gasteiger partial charge in [-0.1, -0.05) is 19.1 Å². The summed E-state index contributed by atoms with van der Waals surface area (Å²) >= 11 is 0. The Morgan fingerprint density at radius 1 is 1.30 bits per heavy atom. The van der Waals surface area contributed by atoms with Crippen LogP contribution in [0, 0.1) is 12.8 Å². The number of hydrogen-bond donors (Lipinski definition) is 0. The second-order valence-electron chi connectivity index (χ2n) is 8.80. The topological polar surface area (TPSA) is 56.0 Å². The fourth-order valence-electron chi connectivity index (χ4n) is 4.94. The molecular formula is C24H29N5O. The zero-order chi connectivity index (χ0) is 20.8. The molecule has 6 nitrogen and oxygen atoms in total. The second-order valence-corrected chi connectivity index (χ2v) is 8.80. The molecule has 1 fully saturated rings. The van der Waals surface area contributed by atoms with Gasteiger partial charge >= 0.3 is 0 Å². The van der Waals surface area contributed by atoms with Gasteiger partial charge in [-0.15, -0.1) is 0 Å². The van der Waals surface area contributed by atoms with Crippen LogP contribution in [0.4, 0.5) is 0 Å². The number of likely N-dealkylation sites (tertiary alicyclic amines) is 1. The Bertz CT molecular complexity index is 1140. The van der Waals surface area contributed by atoms with Crippen LogP contribution < -0.4 is 0 Å². The van der Waals surface area contributed by atoms with Crippen molar-refractivity contribution in [1.82, 2.24) is 24.2 Å². The predicted molar refractivity (Wildman–Crippen MR) is 118 cm³/mol. The monoisotopic (exact) mass is 403 g/mol. The molecule has 0 bridgehead atoms. The lowest BCUT2D eigenvalue weighted by atomic mass is 9.92. The van der Waals surface area contributed by atoms with Crippen molar-refractivity contribution >= 4 is 22.9 Å². The molecule has 0 aromatic carbocycles. The largest absolute Gasteiger partial charge is 0.342 e. The standard InChI is InChI=1S/C24H29N5O/c1-16-9-11-28(23(30)8-7-18-14-26-27(3)17(18)2)15-22(16)29-12-10-19-13-25-21-6-4-5-20(21)24(19)29/h4-5,10,12-14,16,22H,6-9,11,15H2,1-3H3/t16-,22+/m1/s1. The summed E-state index contributed by atoms with van der Waals surface area (Å²) in [5.41, 5.74) is 5.98. The van der Waals surface area contributed by atoms with Crippen molar-refractivity contribution < 1.29 is 4.79 Å². The number of amides is 1. The van der Waals surface area contributed by atoms with E-state index >= 15 is 0 Å². The molecule has 0 radical (unpaired) electrons. The Morgan fingerprint density at radius 3 is 2.97 bits per heavy atom. The Balaban J connectivity index is 1.36. The minimum Gasteiger partial charge on any atom is -0.342 e. The van der Waals surface area contributed by atoms with Crippen LogP contribution in [0.1, 0.15) is 48.3 Å². The highest BCUT2D eigenvalue weighted by molar-refractivity contribution is 5.90. The van der Waals surface area contributed by atoms with Gasteiger partial charge in [-0.2, -0.15) is 5.10 Å². The maximum absolute atomic E-state index is 13.0. The molecule has 1 amide bonds. The van der Waals surface area contributed by atoms with Gasteiger partial charge in [-0.25, -0.2) is 0 Å². The van der Waals surface area contributed by atoms with Gasteiger partial charge in [0.2, 0.25) is 5.91 Å². The molecule has 4 heterocycles. The summed E-state index contributed by atoms with van der Waals surface area (Å²) in [6.45, 7) is 6.00. The molecule has 1 saturated heterocycles. The predicted octanol–water partition coefficient (Wildman–Crippen LogP) is 3.69. The normalized spacial score (nSPS) is 20.8. The molecule has 0 N–H and O–H groups in total. The van der Waals surface area contributed by atoms with Crippen LogP contribution in [0.15, 0.2) is 30.7 Å². The summed E-state index contributed by atoms with van der Waals surface area (Å²) in [7, 11) is 1.94. The zero-order valence-corrected chi connectivity index (χ0v) is 18.0. The van der Waals surface area contributed by atoms with E-state index in [1.165, 1.54) is 22.0 Å². The quantitative estimate of drug-likeness (QED) is 0.668. The lowest BCUT2D eigenvalue weighted by Gasteiger charge is -2.38. The minimum atomic E-state index is 0.249. The first kappa shape index (κ1) is 19.1. The first-order valence-electron chi connectivity index (χ1n) is 10.9. The summed E-state index contributed by atoms with van der Waals surface area (Å²) in [4.78, 5) is 19.7. The molecule has 3 aromatic rings. The van der Waals surface area contributed by atoms with E-state index < -0.39 is 0 Å². The van der Waals surface area contributed by atoms with E-state index in [9.17, 15) is 4.79 Å². The van der Waals surface area contributed by atoms with Gasteiger partial charge in [0, 0.05) is 62.0 Å². The molecule has 6 heteroatoms. The van der Waals surface area contributed by atoms with E-state index in [2.05, 4.69) is 57.8 Å². The molecule has 1 aliphatic carbocycles. The lowest BCUT2D eigenvalue weighted by Crippen LogP contribution is -2.44. The molecule has 0 saturated carbocycles. The van der Waals surface area contributed by atoms with E-state index in [0.29, 0.717) is 18.4 Å². The third-order valence-corrected chi connectivity index (χ3v) is 7.04. The Kier molecular flexibility index (Phi) is 4.72. The molecule has 2 aliphatic rings. The maximum atomic E-state index is 13.0. The summed E-state index contributed by atoms with van der Waals surface area (Å²) in [5, 5.41) is 5.48. The minimum absolute atomic E-state index is 0.249. The van der Waals surface area contributed by atoms with Crippen molar-refractivity contribution in [3.05, 3.63) is 53.2 Å². The third kappa shape index (κ3) is 3.15. The molecule has 0 unspecified atom stereocenters. The highest BCUT2D eigenvalue weighted by Gasteiger charge is 2.31. The average Bonchev–Trinajstić information content (AvgIpc) is 3.46. The van der Waals surface area contributed by atoms with Crippen molar-refractivity contribution in [2.45, 2.75) is 45.6 Å². The molecule has 2 atom stereocenters. The number of rotatable bonds is 4. The van der Waals surface area contributed by atoms with Crippen molar-refractivity contribution in [1.29, 1.82) is 0 Å². The number of hydrogen-bond acceptors (Lipinski definition) is 3. The SMILES string of the molecule is Cc1c(CCC(=O)N2CC[C@@H](C)[C@@H](n3ccc4cnc5c(c43)C=CC5)C2)cnn1C. The molecule has 156 valence electrons. The Labute approximate surface area is 177 Å². The Hall–Kier alpha value is -2.89. The molecule has 5 rings (SSSR count). The van der Waals surface area contributed by atoms with Gasteiger partial charge in [-0.3, -0.25) is 14.5 Å². The highest BCUT2D eigenvalue weighted by atomic mass is 16.2. The van der Waals surface area contributed by atoms with Crippen molar-refractivity contribution in [2.24, 2.45) is 13.0 Å². The van der Waals surface area contributed by atoms with Crippen molar-refractivity contribution in [3.8, 4) is 0 Å². The van der Waals surface area contributed by atoms with E-state index in [0.717, 1.165) is 43.7 Å². The van der Waals surface area contributed by atoms with Gasteiger partial charge in [0.25, 0.3) is 0 Å². The summed E-state index contributed by atoms with van der Waals surface area (Å²) in [6, 6.07) is 2.45. The number of piperidine rings is 1. The number of pyridine rings is 1. The van der Waals surface area contributed by atoms with Gasteiger partial charge < -0.3 is 9.47 Å². The average molecular weight is 404 g/mol. The first-order chi connectivity index (χ1) is 14.5. The van der Waals surface area contributed by atoms with Crippen molar-refractivity contribution in [2.75, 3.05) is 13.1 Å². The van der Waals surface area contributed by atoms with Crippen molar-refractivity contribution in [3.63, 3.8) is 0 Å². The number of aromatic nitrogens is 4. The van der Waals surface area contributed by atoms with Crippen LogP contribution in [0.3, 0.4) is 0 Å². The molecular weight excluding hydrogens is 374 g/mol. The van der Waals surface area contributed by atoms with E-state index in [1.54, 1.807) is 0 Å². The van der Waals surface area contributed by atoms with E-state index in [4.69, 9.17) is 0 Å². The van der Waals surface area contributed by atoms with Crippen LogP contribution in [0.5, 0.6) is 0 Å². The lowest BCUT2D eigenvalue weighted by molar-refractivity contribution is -0.133. The Morgan fingerprint density at radius 2 is 2.17 bits per heavy atom.